The number of hydrogen-bond acceptors (Lipinski definition) is 4. The van der Waals surface area contributed by atoms with Crippen molar-refractivity contribution in [1.82, 2.24) is 10.6 Å². The van der Waals surface area contributed by atoms with Crippen LogP contribution in [0.2, 0.25) is 0 Å². The van der Waals surface area contributed by atoms with E-state index in [9.17, 15) is 19.5 Å². The SMILES string of the molecule is CC(C)(C)OC(=O)NC(Cc1ccccc1)C(=O)NCC1(CC(=O)O)CCCCC1. The number of aliphatic carboxylic acids is 1. The van der Waals surface area contributed by atoms with Gasteiger partial charge in [-0.05, 0) is 44.6 Å². The summed E-state index contributed by atoms with van der Waals surface area (Å²) >= 11 is 0. The Hall–Kier alpha value is -2.57. The Morgan fingerprint density at radius 3 is 2.30 bits per heavy atom. The average molecular weight is 419 g/mol. The molecule has 1 aliphatic rings. The summed E-state index contributed by atoms with van der Waals surface area (Å²) in [4.78, 5) is 36.7. The van der Waals surface area contributed by atoms with Gasteiger partial charge >= 0.3 is 12.1 Å². The summed E-state index contributed by atoms with van der Waals surface area (Å²) in [5.41, 5.74) is -0.194. The predicted molar refractivity (Wildman–Crippen MR) is 114 cm³/mol. The minimum absolute atomic E-state index is 0.0378. The quantitative estimate of drug-likeness (QED) is 0.597. The first-order valence-electron chi connectivity index (χ1n) is 10.6. The molecule has 1 aromatic rings. The summed E-state index contributed by atoms with van der Waals surface area (Å²) in [7, 11) is 0. The normalized spacial score (nSPS) is 16.9. The number of benzene rings is 1. The van der Waals surface area contributed by atoms with E-state index in [0.717, 1.165) is 37.7 Å². The van der Waals surface area contributed by atoms with Gasteiger partial charge in [-0.15, -0.1) is 0 Å². The summed E-state index contributed by atoms with van der Waals surface area (Å²) in [6, 6.07) is 8.61. The topological polar surface area (TPSA) is 105 Å². The molecule has 0 saturated heterocycles. The lowest BCUT2D eigenvalue weighted by atomic mass is 9.71. The van der Waals surface area contributed by atoms with Gasteiger partial charge in [0.05, 0.1) is 6.42 Å². The lowest BCUT2D eigenvalue weighted by molar-refractivity contribution is -0.140. The maximum absolute atomic E-state index is 13.0. The summed E-state index contributed by atoms with van der Waals surface area (Å²) in [5, 5.41) is 14.9. The lowest BCUT2D eigenvalue weighted by Gasteiger charge is -2.36. The molecule has 1 atom stereocenters. The largest absolute Gasteiger partial charge is 0.481 e. The van der Waals surface area contributed by atoms with Gasteiger partial charge in [0.1, 0.15) is 11.6 Å². The third-order valence-corrected chi connectivity index (χ3v) is 5.37. The molecule has 0 aliphatic heterocycles. The van der Waals surface area contributed by atoms with Crippen LogP contribution in [0.4, 0.5) is 4.79 Å². The van der Waals surface area contributed by atoms with Crippen LogP contribution in [0.25, 0.3) is 0 Å². The second kappa shape index (κ2) is 10.5. The third-order valence-electron chi connectivity index (χ3n) is 5.37. The summed E-state index contributed by atoms with van der Waals surface area (Å²) in [6.07, 6.45) is 4.28. The Balaban J connectivity index is 2.08. The summed E-state index contributed by atoms with van der Waals surface area (Å²) < 4.78 is 5.32. The van der Waals surface area contributed by atoms with Crippen LogP contribution in [0.15, 0.2) is 30.3 Å². The molecule has 166 valence electrons. The van der Waals surface area contributed by atoms with Gasteiger partial charge in [0.25, 0.3) is 0 Å². The number of ether oxygens (including phenoxy) is 1. The molecule has 7 heteroatoms. The number of carboxylic acid groups (broad SMARTS) is 1. The molecule has 0 bridgehead atoms. The van der Waals surface area contributed by atoms with E-state index in [4.69, 9.17) is 4.74 Å². The number of alkyl carbamates (subject to hydrolysis) is 1. The van der Waals surface area contributed by atoms with E-state index in [2.05, 4.69) is 10.6 Å². The highest BCUT2D eigenvalue weighted by atomic mass is 16.6. The van der Waals surface area contributed by atoms with E-state index in [1.165, 1.54) is 0 Å². The predicted octanol–water partition coefficient (Wildman–Crippen LogP) is 3.66. The number of hydrogen-bond donors (Lipinski definition) is 3. The van der Waals surface area contributed by atoms with E-state index in [-0.39, 0.29) is 12.3 Å². The van der Waals surface area contributed by atoms with Crippen molar-refractivity contribution in [3.05, 3.63) is 35.9 Å². The van der Waals surface area contributed by atoms with Gasteiger partial charge in [0.15, 0.2) is 0 Å². The van der Waals surface area contributed by atoms with Crippen molar-refractivity contribution in [3.63, 3.8) is 0 Å². The van der Waals surface area contributed by atoms with Gasteiger partial charge in [-0.25, -0.2) is 4.79 Å². The molecule has 2 amide bonds. The number of carboxylic acids is 1. The van der Waals surface area contributed by atoms with E-state index in [0.29, 0.717) is 13.0 Å². The second-order valence-electron chi connectivity index (χ2n) is 9.24. The fourth-order valence-corrected chi connectivity index (χ4v) is 3.95. The van der Waals surface area contributed by atoms with Crippen LogP contribution in [-0.2, 0) is 20.7 Å². The van der Waals surface area contributed by atoms with Crippen molar-refractivity contribution < 1.29 is 24.2 Å². The van der Waals surface area contributed by atoms with Crippen molar-refractivity contribution in [2.45, 2.75) is 77.4 Å². The molecule has 0 aromatic heterocycles. The Kier molecular flexibility index (Phi) is 8.26. The molecular weight excluding hydrogens is 384 g/mol. The van der Waals surface area contributed by atoms with Crippen LogP contribution < -0.4 is 10.6 Å². The van der Waals surface area contributed by atoms with Gasteiger partial charge in [-0.3, -0.25) is 9.59 Å². The number of carbonyl (C=O) groups excluding carboxylic acids is 2. The molecule has 30 heavy (non-hydrogen) atoms. The van der Waals surface area contributed by atoms with Crippen molar-refractivity contribution >= 4 is 18.0 Å². The van der Waals surface area contributed by atoms with Crippen molar-refractivity contribution in [2.75, 3.05) is 6.54 Å². The van der Waals surface area contributed by atoms with Gasteiger partial charge in [-0.1, -0.05) is 49.6 Å². The minimum Gasteiger partial charge on any atom is -0.481 e. The maximum atomic E-state index is 13.0. The lowest BCUT2D eigenvalue weighted by Crippen LogP contribution is -2.51. The van der Waals surface area contributed by atoms with Crippen LogP contribution in [0.5, 0.6) is 0 Å². The first-order chi connectivity index (χ1) is 14.1. The highest BCUT2D eigenvalue weighted by molar-refractivity contribution is 5.86. The fourth-order valence-electron chi connectivity index (χ4n) is 3.95. The fraction of sp³-hybridized carbons (Fsp3) is 0.609. The van der Waals surface area contributed by atoms with Crippen LogP contribution in [0.1, 0.15) is 64.9 Å². The Morgan fingerprint density at radius 2 is 1.73 bits per heavy atom. The molecule has 1 aliphatic carbocycles. The van der Waals surface area contributed by atoms with Gasteiger partial charge in [-0.2, -0.15) is 0 Å². The molecule has 0 heterocycles. The molecular formula is C23H34N2O5. The number of amides is 2. The molecule has 1 saturated carbocycles. The highest BCUT2D eigenvalue weighted by Crippen LogP contribution is 2.38. The van der Waals surface area contributed by atoms with E-state index < -0.39 is 29.1 Å². The zero-order valence-electron chi connectivity index (χ0n) is 18.2. The zero-order valence-corrected chi connectivity index (χ0v) is 18.2. The first kappa shape index (κ1) is 23.7. The maximum Gasteiger partial charge on any atom is 0.408 e. The molecule has 2 rings (SSSR count). The number of rotatable bonds is 8. The molecule has 1 unspecified atom stereocenters. The molecule has 3 N–H and O–H groups in total. The van der Waals surface area contributed by atoms with Gasteiger partial charge in [0.2, 0.25) is 5.91 Å². The molecule has 1 aromatic carbocycles. The zero-order chi connectivity index (χ0) is 22.2. The third kappa shape index (κ3) is 8.05. The van der Waals surface area contributed by atoms with Crippen LogP contribution in [0, 0.1) is 5.41 Å². The summed E-state index contributed by atoms with van der Waals surface area (Å²) in [5.74, 6) is -1.18. The van der Waals surface area contributed by atoms with Crippen LogP contribution in [0.3, 0.4) is 0 Å². The van der Waals surface area contributed by atoms with Crippen LogP contribution >= 0.6 is 0 Å². The average Bonchev–Trinajstić information content (AvgIpc) is 2.65. The van der Waals surface area contributed by atoms with E-state index in [1.54, 1.807) is 20.8 Å². The number of carbonyl (C=O) groups is 3. The van der Waals surface area contributed by atoms with Gasteiger partial charge in [0, 0.05) is 13.0 Å². The van der Waals surface area contributed by atoms with E-state index in [1.807, 2.05) is 30.3 Å². The van der Waals surface area contributed by atoms with Crippen LogP contribution in [-0.4, -0.2) is 41.3 Å². The Labute approximate surface area is 178 Å². The standard InChI is InChI=1S/C23H34N2O5/c1-22(2,3)30-21(29)25-18(14-17-10-6-4-7-11-17)20(28)24-16-23(15-19(26)27)12-8-5-9-13-23/h4,6-7,10-11,18H,5,8-9,12-16H2,1-3H3,(H,24,28)(H,25,29)(H,26,27). The Bertz CT molecular complexity index is 721. The minimum atomic E-state index is -0.848. The molecule has 7 nitrogen and oxygen atoms in total. The summed E-state index contributed by atoms with van der Waals surface area (Å²) in [6.45, 7) is 5.58. The van der Waals surface area contributed by atoms with Crippen molar-refractivity contribution in [2.24, 2.45) is 5.41 Å². The highest BCUT2D eigenvalue weighted by Gasteiger charge is 2.35. The monoisotopic (exact) mass is 418 g/mol. The first-order valence-corrected chi connectivity index (χ1v) is 10.6. The van der Waals surface area contributed by atoms with Crippen molar-refractivity contribution in [3.8, 4) is 0 Å². The second-order valence-corrected chi connectivity index (χ2v) is 9.24. The Morgan fingerprint density at radius 1 is 1.10 bits per heavy atom. The molecule has 1 fully saturated rings. The molecule has 0 radical (unpaired) electrons. The number of nitrogens with one attached hydrogen (secondary N) is 2. The van der Waals surface area contributed by atoms with Crippen molar-refractivity contribution in [1.29, 1.82) is 0 Å². The van der Waals surface area contributed by atoms with E-state index >= 15 is 0 Å². The van der Waals surface area contributed by atoms with Gasteiger partial charge < -0.3 is 20.5 Å². The molecule has 0 spiro atoms. The smallest absolute Gasteiger partial charge is 0.408 e.